The predicted molar refractivity (Wildman–Crippen MR) is 117 cm³/mol. The Morgan fingerprint density at radius 3 is 2.73 bits per heavy atom. The summed E-state index contributed by atoms with van der Waals surface area (Å²) < 4.78 is 5.90. The molecule has 0 aliphatic carbocycles. The van der Waals surface area contributed by atoms with Gasteiger partial charge < -0.3 is 14.6 Å². The van der Waals surface area contributed by atoms with Crippen molar-refractivity contribution in [2.75, 3.05) is 6.54 Å². The monoisotopic (exact) mass is 487 g/mol. The van der Waals surface area contributed by atoms with Gasteiger partial charge in [0.2, 0.25) is 5.91 Å². The Morgan fingerprint density at radius 2 is 2.03 bits per heavy atom. The second-order valence-electron chi connectivity index (χ2n) is 7.06. The molecule has 154 valence electrons. The highest BCUT2D eigenvalue weighted by atomic mass is 79.9. The van der Waals surface area contributed by atoms with Crippen molar-refractivity contribution in [3.63, 3.8) is 0 Å². The Hall–Kier alpha value is -2.64. The van der Waals surface area contributed by atoms with Gasteiger partial charge in [-0.15, -0.1) is 0 Å². The second-order valence-corrected chi connectivity index (χ2v) is 8.35. The number of rotatable bonds is 5. The van der Waals surface area contributed by atoms with Gasteiger partial charge in [0.15, 0.2) is 12.2 Å². The normalized spacial score (nSPS) is 15.9. The lowest BCUT2D eigenvalue weighted by Gasteiger charge is -2.24. The van der Waals surface area contributed by atoms with Gasteiger partial charge in [0.1, 0.15) is 6.04 Å². The molecular weight excluding hydrogens is 470 g/mol. The maximum atomic E-state index is 13.0. The first-order valence-corrected chi connectivity index (χ1v) is 10.7. The summed E-state index contributed by atoms with van der Waals surface area (Å²) in [6.45, 7) is 0.941. The largest absolute Gasteiger partial charge is 0.444 e. The van der Waals surface area contributed by atoms with Crippen LogP contribution in [-0.2, 0) is 11.3 Å². The zero-order chi connectivity index (χ0) is 21.1. The van der Waals surface area contributed by atoms with Crippen molar-refractivity contribution in [2.24, 2.45) is 0 Å². The van der Waals surface area contributed by atoms with Crippen LogP contribution in [0.25, 0.3) is 11.3 Å². The van der Waals surface area contributed by atoms with E-state index in [1.54, 1.807) is 29.3 Å². The number of carbonyl (C=O) groups is 2. The maximum Gasteiger partial charge on any atom is 0.255 e. The Balaban J connectivity index is 1.39. The van der Waals surface area contributed by atoms with Crippen LogP contribution in [0.1, 0.15) is 28.8 Å². The molecule has 0 saturated carbocycles. The SMILES string of the molecule is O=C(NCc1ccc(-c2cnco2)cc1)C1CCCN1C(=O)c1ccc(Cl)cc1Br. The minimum atomic E-state index is -0.478. The number of amides is 2. The Kier molecular flexibility index (Phi) is 6.20. The molecule has 3 aromatic rings. The molecule has 1 unspecified atom stereocenters. The molecule has 30 heavy (non-hydrogen) atoms. The van der Waals surface area contributed by atoms with Crippen molar-refractivity contribution in [3.05, 3.63) is 75.7 Å². The summed E-state index contributed by atoms with van der Waals surface area (Å²) in [7, 11) is 0. The molecule has 1 aromatic heterocycles. The molecular formula is C22H19BrClN3O3. The molecule has 8 heteroatoms. The summed E-state index contributed by atoms with van der Waals surface area (Å²) in [4.78, 5) is 31.3. The number of hydrogen-bond donors (Lipinski definition) is 1. The van der Waals surface area contributed by atoms with E-state index in [4.69, 9.17) is 16.0 Å². The van der Waals surface area contributed by atoms with Gasteiger partial charge in [-0.2, -0.15) is 0 Å². The molecule has 1 aliphatic heterocycles. The van der Waals surface area contributed by atoms with Crippen LogP contribution >= 0.6 is 27.5 Å². The van der Waals surface area contributed by atoms with E-state index < -0.39 is 6.04 Å². The van der Waals surface area contributed by atoms with Gasteiger partial charge in [0.25, 0.3) is 5.91 Å². The molecule has 1 atom stereocenters. The van der Waals surface area contributed by atoms with Crippen molar-refractivity contribution in [2.45, 2.75) is 25.4 Å². The van der Waals surface area contributed by atoms with Crippen molar-refractivity contribution < 1.29 is 14.0 Å². The van der Waals surface area contributed by atoms with E-state index in [0.29, 0.717) is 40.3 Å². The van der Waals surface area contributed by atoms with E-state index in [0.717, 1.165) is 17.5 Å². The first-order valence-electron chi connectivity index (χ1n) is 9.54. The standard InChI is InChI=1S/C22H19BrClN3O3/c23-18-10-16(24)7-8-17(18)22(29)27-9-1-2-19(27)21(28)26-11-14-3-5-15(6-4-14)20-12-25-13-30-20/h3-8,10,12-13,19H,1-2,9,11H2,(H,26,28). The maximum absolute atomic E-state index is 13.0. The van der Waals surface area contributed by atoms with Crippen LogP contribution < -0.4 is 5.32 Å². The van der Waals surface area contributed by atoms with E-state index >= 15 is 0 Å². The quantitative estimate of drug-likeness (QED) is 0.566. The van der Waals surface area contributed by atoms with Crippen molar-refractivity contribution in [1.82, 2.24) is 15.2 Å². The molecule has 1 saturated heterocycles. The average molecular weight is 489 g/mol. The molecule has 2 aromatic carbocycles. The first-order chi connectivity index (χ1) is 14.5. The zero-order valence-electron chi connectivity index (χ0n) is 16.0. The lowest BCUT2D eigenvalue weighted by atomic mass is 10.1. The molecule has 1 N–H and O–H groups in total. The average Bonchev–Trinajstić information content (AvgIpc) is 3.44. The van der Waals surface area contributed by atoms with Crippen LogP contribution in [0.2, 0.25) is 5.02 Å². The third-order valence-electron chi connectivity index (χ3n) is 5.12. The molecule has 1 aliphatic rings. The second kappa shape index (κ2) is 9.02. The number of oxazole rings is 1. The number of nitrogens with zero attached hydrogens (tertiary/aromatic N) is 2. The summed E-state index contributed by atoms with van der Waals surface area (Å²) >= 11 is 9.36. The van der Waals surface area contributed by atoms with Crippen LogP contribution in [0, 0.1) is 0 Å². The van der Waals surface area contributed by atoms with Gasteiger partial charge in [-0.05, 0) is 52.5 Å². The van der Waals surface area contributed by atoms with Crippen molar-refractivity contribution >= 4 is 39.3 Å². The summed E-state index contributed by atoms with van der Waals surface area (Å²) in [5, 5.41) is 3.50. The molecule has 1 fully saturated rings. The molecule has 0 spiro atoms. The Labute approximate surface area is 187 Å². The molecule has 0 radical (unpaired) electrons. The fourth-order valence-electron chi connectivity index (χ4n) is 3.55. The first kappa shape index (κ1) is 20.6. The van der Waals surface area contributed by atoms with Crippen LogP contribution in [0.3, 0.4) is 0 Å². The third-order valence-corrected chi connectivity index (χ3v) is 6.01. The van der Waals surface area contributed by atoms with E-state index in [9.17, 15) is 9.59 Å². The summed E-state index contributed by atoms with van der Waals surface area (Å²) in [6.07, 6.45) is 4.48. The van der Waals surface area contributed by atoms with Gasteiger partial charge in [-0.3, -0.25) is 9.59 Å². The Morgan fingerprint density at radius 1 is 1.23 bits per heavy atom. The van der Waals surface area contributed by atoms with Crippen LogP contribution in [0.5, 0.6) is 0 Å². The Bertz CT molecular complexity index is 1050. The lowest BCUT2D eigenvalue weighted by molar-refractivity contribution is -0.125. The highest BCUT2D eigenvalue weighted by Crippen LogP contribution is 2.27. The summed E-state index contributed by atoms with van der Waals surface area (Å²) in [5.41, 5.74) is 2.38. The van der Waals surface area contributed by atoms with Gasteiger partial charge in [-0.25, -0.2) is 4.98 Å². The van der Waals surface area contributed by atoms with Crippen LogP contribution in [0.15, 0.2) is 63.9 Å². The van der Waals surface area contributed by atoms with Crippen molar-refractivity contribution in [1.29, 1.82) is 0 Å². The van der Waals surface area contributed by atoms with Gasteiger partial charge in [0.05, 0.1) is 11.8 Å². The number of carbonyl (C=O) groups excluding carboxylic acids is 2. The molecule has 0 bridgehead atoms. The topological polar surface area (TPSA) is 75.4 Å². The molecule has 2 amide bonds. The highest BCUT2D eigenvalue weighted by molar-refractivity contribution is 9.10. The number of benzene rings is 2. The zero-order valence-corrected chi connectivity index (χ0v) is 18.3. The minimum Gasteiger partial charge on any atom is -0.444 e. The highest BCUT2D eigenvalue weighted by Gasteiger charge is 2.35. The van der Waals surface area contributed by atoms with E-state index in [-0.39, 0.29) is 11.8 Å². The molecule has 4 rings (SSSR count). The molecule has 6 nitrogen and oxygen atoms in total. The fourth-order valence-corrected chi connectivity index (χ4v) is 4.40. The summed E-state index contributed by atoms with van der Waals surface area (Å²) in [5.74, 6) is 0.372. The number of likely N-dealkylation sites (tertiary alicyclic amines) is 1. The summed E-state index contributed by atoms with van der Waals surface area (Å²) in [6, 6.07) is 12.3. The van der Waals surface area contributed by atoms with E-state index in [1.807, 2.05) is 24.3 Å². The molecule has 2 heterocycles. The van der Waals surface area contributed by atoms with E-state index in [2.05, 4.69) is 26.2 Å². The smallest absolute Gasteiger partial charge is 0.255 e. The number of nitrogens with one attached hydrogen (secondary N) is 1. The van der Waals surface area contributed by atoms with Gasteiger partial charge in [-0.1, -0.05) is 35.9 Å². The predicted octanol–water partition coefficient (Wildman–Crippen LogP) is 4.68. The lowest BCUT2D eigenvalue weighted by Crippen LogP contribution is -2.45. The number of hydrogen-bond acceptors (Lipinski definition) is 4. The van der Waals surface area contributed by atoms with Gasteiger partial charge in [0, 0.05) is 28.1 Å². The van der Waals surface area contributed by atoms with Gasteiger partial charge >= 0.3 is 0 Å². The minimum absolute atomic E-state index is 0.148. The van der Waals surface area contributed by atoms with E-state index in [1.165, 1.54) is 6.39 Å². The number of halogens is 2. The van der Waals surface area contributed by atoms with Crippen LogP contribution in [-0.4, -0.2) is 34.3 Å². The fraction of sp³-hybridized carbons (Fsp3) is 0.227. The number of aromatic nitrogens is 1. The third kappa shape index (κ3) is 4.42. The van der Waals surface area contributed by atoms with Crippen molar-refractivity contribution in [3.8, 4) is 11.3 Å². The van der Waals surface area contributed by atoms with Crippen LogP contribution in [0.4, 0.5) is 0 Å².